The van der Waals surface area contributed by atoms with Crippen LogP contribution in [0.15, 0.2) is 9.70 Å². The van der Waals surface area contributed by atoms with E-state index in [0.29, 0.717) is 21.3 Å². The van der Waals surface area contributed by atoms with Crippen molar-refractivity contribution in [2.24, 2.45) is 7.05 Å². The van der Waals surface area contributed by atoms with Crippen molar-refractivity contribution in [2.45, 2.75) is 39.5 Å². The molecule has 3 rings (SSSR count). The molecule has 9 heteroatoms. The molecule has 1 amide bonds. The maximum atomic E-state index is 13.1. The third kappa shape index (κ3) is 5.02. The molecule has 0 aromatic carbocycles. The van der Waals surface area contributed by atoms with Crippen molar-refractivity contribution in [3.63, 3.8) is 0 Å². The van der Waals surface area contributed by atoms with E-state index >= 15 is 0 Å². The zero-order valence-corrected chi connectivity index (χ0v) is 20.7. The maximum absolute atomic E-state index is 13.1. The Balaban J connectivity index is 2.02. The Hall–Kier alpha value is -1.76. The van der Waals surface area contributed by atoms with E-state index in [-0.39, 0.29) is 17.0 Å². The minimum atomic E-state index is -0.297. The highest BCUT2D eigenvalue weighted by Gasteiger charge is 2.32. The molecule has 6 nitrogen and oxygen atoms in total. The molecule has 0 N–H and O–H groups in total. The molecular weight excluding hydrogens is 448 g/mol. The molecule has 3 heterocycles. The molecule has 1 aromatic heterocycles. The molecule has 2 aliphatic rings. The van der Waals surface area contributed by atoms with Gasteiger partial charge in [-0.2, -0.15) is 17.0 Å². The van der Waals surface area contributed by atoms with Gasteiger partial charge in [-0.15, -0.1) is 0 Å². The Morgan fingerprint density at radius 2 is 1.90 bits per heavy atom. The fourth-order valence-electron chi connectivity index (χ4n) is 3.89. The second-order valence-electron chi connectivity index (χ2n) is 7.71. The van der Waals surface area contributed by atoms with E-state index in [1.807, 2.05) is 17.8 Å². The van der Waals surface area contributed by atoms with Crippen LogP contribution in [0.25, 0.3) is 6.08 Å². The normalized spacial score (nSPS) is 18.2. The molecule has 0 spiro atoms. The van der Waals surface area contributed by atoms with Gasteiger partial charge in [-0.3, -0.25) is 19.1 Å². The predicted octanol–water partition coefficient (Wildman–Crippen LogP) is 3.90. The number of amides is 1. The number of thioether (sulfide) groups is 2. The van der Waals surface area contributed by atoms with Gasteiger partial charge in [0.15, 0.2) is 0 Å². The highest BCUT2D eigenvalue weighted by Crippen LogP contribution is 2.36. The first-order chi connectivity index (χ1) is 14.9. The Morgan fingerprint density at radius 3 is 2.55 bits per heavy atom. The van der Waals surface area contributed by atoms with Gasteiger partial charge in [-0.05, 0) is 25.0 Å². The molecule has 0 unspecified atom stereocenters. The van der Waals surface area contributed by atoms with Crippen LogP contribution in [0.3, 0.4) is 0 Å². The monoisotopic (exact) mass is 476 g/mol. The summed E-state index contributed by atoms with van der Waals surface area (Å²) in [6.45, 7) is 6.23. The third-order valence-corrected chi connectivity index (χ3v) is 7.98. The first kappa shape index (κ1) is 23.9. The number of aromatic nitrogens is 1. The second-order valence-corrected chi connectivity index (χ2v) is 10.6. The Kier molecular flexibility index (Phi) is 8.25. The minimum absolute atomic E-state index is 0.0848. The molecular formula is C22H28N4O2S3. The van der Waals surface area contributed by atoms with E-state index in [1.165, 1.54) is 11.8 Å². The van der Waals surface area contributed by atoms with E-state index in [1.54, 1.807) is 23.4 Å². The van der Waals surface area contributed by atoms with E-state index in [4.69, 9.17) is 12.2 Å². The lowest BCUT2D eigenvalue weighted by molar-refractivity contribution is -0.122. The van der Waals surface area contributed by atoms with Crippen molar-refractivity contribution in [3.05, 3.63) is 31.9 Å². The Morgan fingerprint density at radius 1 is 1.19 bits per heavy atom. The summed E-state index contributed by atoms with van der Waals surface area (Å²) in [5, 5.41) is 9.59. The van der Waals surface area contributed by atoms with Gasteiger partial charge in [-0.1, -0.05) is 50.2 Å². The van der Waals surface area contributed by atoms with Crippen molar-refractivity contribution in [1.29, 1.82) is 5.26 Å². The summed E-state index contributed by atoms with van der Waals surface area (Å²) in [6, 6.07) is 2.06. The average Bonchev–Trinajstić information content (AvgIpc) is 3.03. The van der Waals surface area contributed by atoms with Crippen molar-refractivity contribution >= 4 is 57.9 Å². The lowest BCUT2D eigenvalue weighted by Gasteiger charge is -2.32. The van der Waals surface area contributed by atoms with E-state index in [2.05, 4.69) is 17.9 Å². The number of nitrogens with zero attached hydrogens (tertiary/aromatic N) is 4. The largest absolute Gasteiger partial charge is 0.356 e. The first-order valence-corrected chi connectivity index (χ1v) is 13.0. The van der Waals surface area contributed by atoms with Crippen molar-refractivity contribution in [1.82, 2.24) is 9.47 Å². The van der Waals surface area contributed by atoms with Crippen molar-refractivity contribution in [2.75, 3.05) is 36.0 Å². The summed E-state index contributed by atoms with van der Waals surface area (Å²) in [5.74, 6) is 2.65. The SMILES string of the molecule is CCCCCCN1C(=O)/C(=C/c2c(C)c(C#N)c(=O)n(C)c2N2CCSCC2)SC1=S. The number of pyridine rings is 1. The first-order valence-electron chi connectivity index (χ1n) is 10.6. The van der Waals surface area contributed by atoms with E-state index in [0.717, 1.165) is 61.7 Å². The van der Waals surface area contributed by atoms with Gasteiger partial charge < -0.3 is 4.90 Å². The zero-order valence-electron chi connectivity index (χ0n) is 18.3. The number of hydrogen-bond acceptors (Lipinski definition) is 7. The average molecular weight is 477 g/mol. The number of hydrogen-bond donors (Lipinski definition) is 0. The second kappa shape index (κ2) is 10.7. The molecule has 2 aliphatic heterocycles. The van der Waals surface area contributed by atoms with Gasteiger partial charge in [0.05, 0.1) is 4.91 Å². The smallest absolute Gasteiger partial charge is 0.270 e. The van der Waals surface area contributed by atoms with Crippen LogP contribution < -0.4 is 10.5 Å². The molecule has 0 bridgehead atoms. The summed E-state index contributed by atoms with van der Waals surface area (Å²) < 4.78 is 2.13. The number of carbonyl (C=O) groups is 1. The van der Waals surface area contributed by atoms with Gasteiger partial charge >= 0.3 is 0 Å². The quantitative estimate of drug-likeness (QED) is 0.336. The zero-order chi connectivity index (χ0) is 22.5. The van der Waals surface area contributed by atoms with Crippen molar-refractivity contribution in [3.8, 4) is 6.07 Å². The molecule has 31 heavy (non-hydrogen) atoms. The molecule has 2 saturated heterocycles. The van der Waals surface area contributed by atoms with E-state index in [9.17, 15) is 14.9 Å². The fraction of sp³-hybridized carbons (Fsp3) is 0.545. The van der Waals surface area contributed by atoms with Crippen LogP contribution in [0, 0.1) is 18.3 Å². The Labute approximate surface area is 197 Å². The third-order valence-electron chi connectivity index (χ3n) is 5.66. The van der Waals surface area contributed by atoms with Crippen LogP contribution in [0.2, 0.25) is 0 Å². The summed E-state index contributed by atoms with van der Waals surface area (Å²) in [4.78, 5) is 30.3. The number of rotatable bonds is 7. The van der Waals surface area contributed by atoms with E-state index < -0.39 is 0 Å². The van der Waals surface area contributed by atoms with Crippen LogP contribution >= 0.6 is 35.7 Å². The molecule has 0 radical (unpaired) electrons. The number of anilines is 1. The Bertz CT molecular complexity index is 1000. The van der Waals surface area contributed by atoms with Gasteiger partial charge in [0.2, 0.25) is 0 Å². The molecule has 166 valence electrons. The van der Waals surface area contributed by atoms with Crippen molar-refractivity contribution < 1.29 is 4.79 Å². The van der Waals surface area contributed by atoms with Gasteiger partial charge in [0, 0.05) is 43.8 Å². The number of thiocarbonyl (C=S) groups is 1. The summed E-state index contributed by atoms with van der Waals surface area (Å²) >= 11 is 8.67. The molecule has 1 aromatic rings. The fourth-order valence-corrected chi connectivity index (χ4v) is 6.08. The summed E-state index contributed by atoms with van der Waals surface area (Å²) in [5.41, 5.74) is 1.21. The number of carbonyl (C=O) groups excluding carboxylic acids is 1. The van der Waals surface area contributed by atoms with Crippen LogP contribution in [0.5, 0.6) is 0 Å². The number of nitriles is 1. The topological polar surface area (TPSA) is 69.3 Å². The van der Waals surface area contributed by atoms with Crippen LogP contribution in [0.4, 0.5) is 5.82 Å². The molecule has 0 atom stereocenters. The summed E-state index contributed by atoms with van der Waals surface area (Å²) in [6.07, 6.45) is 6.13. The highest BCUT2D eigenvalue weighted by molar-refractivity contribution is 8.26. The van der Waals surface area contributed by atoms with Gasteiger partial charge in [0.1, 0.15) is 21.8 Å². The lowest BCUT2D eigenvalue weighted by Crippen LogP contribution is -2.38. The standard InChI is InChI=1S/C22H28N4O2S3/c1-4-5-6-7-8-26-21(28)18(31-22(26)29)13-16-15(2)17(14-23)20(27)24(3)19(16)25-9-11-30-12-10-25/h13H,4-12H2,1-3H3/b18-13-. The minimum Gasteiger partial charge on any atom is -0.356 e. The van der Waals surface area contributed by atoms with Crippen LogP contribution in [-0.2, 0) is 11.8 Å². The summed E-state index contributed by atoms with van der Waals surface area (Å²) in [7, 11) is 1.70. The predicted molar refractivity (Wildman–Crippen MR) is 135 cm³/mol. The van der Waals surface area contributed by atoms with Crippen LogP contribution in [0.1, 0.15) is 49.3 Å². The molecule has 0 saturated carbocycles. The molecule has 2 fully saturated rings. The van der Waals surface area contributed by atoms with Gasteiger partial charge in [-0.25, -0.2) is 0 Å². The number of unbranched alkanes of at least 4 members (excludes halogenated alkanes) is 3. The maximum Gasteiger partial charge on any atom is 0.270 e. The molecule has 0 aliphatic carbocycles. The lowest BCUT2D eigenvalue weighted by atomic mass is 10.0. The van der Waals surface area contributed by atoms with Crippen LogP contribution in [-0.4, -0.2) is 50.8 Å². The van der Waals surface area contributed by atoms with Gasteiger partial charge in [0.25, 0.3) is 11.5 Å². The highest BCUT2D eigenvalue weighted by atomic mass is 32.2.